The van der Waals surface area contributed by atoms with E-state index in [9.17, 15) is 4.79 Å². The summed E-state index contributed by atoms with van der Waals surface area (Å²) in [6.45, 7) is 1.35. The number of carbonyl (C=O) groups excluding carboxylic acids is 1. The van der Waals surface area contributed by atoms with Gasteiger partial charge in [0, 0.05) is 24.7 Å². The molecule has 1 aromatic carbocycles. The van der Waals surface area contributed by atoms with Crippen molar-refractivity contribution in [3.63, 3.8) is 0 Å². The van der Waals surface area contributed by atoms with Gasteiger partial charge in [0.15, 0.2) is 0 Å². The van der Waals surface area contributed by atoms with Gasteiger partial charge in [0.1, 0.15) is 6.61 Å². The van der Waals surface area contributed by atoms with E-state index in [2.05, 4.69) is 30.8 Å². The lowest BCUT2D eigenvalue weighted by molar-refractivity contribution is 0.0635. The summed E-state index contributed by atoms with van der Waals surface area (Å²) in [7, 11) is 4.11. The Labute approximate surface area is 126 Å². The maximum Gasteiger partial charge on any atom is 0.255 e. The van der Waals surface area contributed by atoms with E-state index in [1.165, 1.54) is 0 Å². The fraction of sp³-hybridized carbons (Fsp3) is 0.471. The first-order chi connectivity index (χ1) is 10.1. The lowest BCUT2D eigenvalue weighted by atomic mass is 10.0. The SMILES string of the molecule is CN(C)C1CCCN(C(=O)c2ccccc2C#CCO)C1. The van der Waals surface area contributed by atoms with E-state index in [1.807, 2.05) is 29.2 Å². The number of hydrogen-bond acceptors (Lipinski definition) is 3. The Hall–Kier alpha value is -1.83. The second-order valence-corrected chi connectivity index (χ2v) is 5.52. The highest BCUT2D eigenvalue weighted by atomic mass is 16.2. The van der Waals surface area contributed by atoms with Gasteiger partial charge in [-0.15, -0.1) is 0 Å². The Morgan fingerprint density at radius 3 is 2.90 bits per heavy atom. The molecule has 1 aliphatic rings. The molecule has 1 amide bonds. The normalized spacial score (nSPS) is 18.3. The second-order valence-electron chi connectivity index (χ2n) is 5.52. The molecule has 1 N–H and O–H groups in total. The van der Waals surface area contributed by atoms with Crippen molar-refractivity contribution in [2.45, 2.75) is 18.9 Å². The lowest BCUT2D eigenvalue weighted by Gasteiger charge is -2.36. The van der Waals surface area contributed by atoms with Crippen LogP contribution < -0.4 is 0 Å². The maximum absolute atomic E-state index is 12.7. The summed E-state index contributed by atoms with van der Waals surface area (Å²) in [5.74, 6) is 5.51. The smallest absolute Gasteiger partial charge is 0.255 e. The molecule has 21 heavy (non-hydrogen) atoms. The highest BCUT2D eigenvalue weighted by Gasteiger charge is 2.26. The van der Waals surface area contributed by atoms with Crippen LogP contribution in [-0.4, -0.2) is 60.6 Å². The number of aliphatic hydroxyl groups excluding tert-OH is 1. The third-order valence-electron chi connectivity index (χ3n) is 3.87. The molecule has 1 unspecified atom stereocenters. The minimum atomic E-state index is -0.199. The summed E-state index contributed by atoms with van der Waals surface area (Å²) in [4.78, 5) is 16.8. The molecule has 0 aromatic heterocycles. The third kappa shape index (κ3) is 3.84. The van der Waals surface area contributed by atoms with Gasteiger partial charge in [-0.1, -0.05) is 24.0 Å². The van der Waals surface area contributed by atoms with Crippen LogP contribution >= 0.6 is 0 Å². The number of benzene rings is 1. The molecule has 1 aromatic rings. The molecule has 112 valence electrons. The quantitative estimate of drug-likeness (QED) is 0.831. The summed E-state index contributed by atoms with van der Waals surface area (Å²) in [6, 6.07) is 7.76. The average Bonchev–Trinajstić information content (AvgIpc) is 2.52. The summed E-state index contributed by atoms with van der Waals surface area (Å²) in [6.07, 6.45) is 2.15. The predicted molar refractivity (Wildman–Crippen MR) is 83.0 cm³/mol. The fourth-order valence-electron chi connectivity index (χ4n) is 2.64. The van der Waals surface area contributed by atoms with Crippen molar-refractivity contribution >= 4 is 5.91 Å². The summed E-state index contributed by atoms with van der Waals surface area (Å²) >= 11 is 0. The summed E-state index contributed by atoms with van der Waals surface area (Å²) in [5.41, 5.74) is 1.31. The number of aliphatic hydroxyl groups is 1. The van der Waals surface area contributed by atoms with Crippen LogP contribution in [-0.2, 0) is 0 Å². The molecule has 0 spiro atoms. The lowest BCUT2D eigenvalue weighted by Crippen LogP contribution is -2.47. The number of carbonyl (C=O) groups is 1. The van der Waals surface area contributed by atoms with E-state index >= 15 is 0 Å². The molecule has 0 aliphatic carbocycles. The number of piperidine rings is 1. The monoisotopic (exact) mass is 286 g/mol. The predicted octanol–water partition coefficient (Wildman–Crippen LogP) is 1.20. The molecule has 1 aliphatic heterocycles. The van der Waals surface area contributed by atoms with Crippen molar-refractivity contribution in [1.82, 2.24) is 9.80 Å². The summed E-state index contributed by atoms with van der Waals surface area (Å²) in [5, 5.41) is 8.83. The highest BCUT2D eigenvalue weighted by molar-refractivity contribution is 5.96. The first-order valence-electron chi connectivity index (χ1n) is 7.28. The standard InChI is InChI=1S/C17H22N2O2/c1-18(2)15-9-5-11-19(13-15)17(21)16-10-4-3-7-14(16)8-6-12-20/h3-4,7,10,15,20H,5,9,11-13H2,1-2H3. The molecule has 1 heterocycles. The molecule has 1 atom stereocenters. The van der Waals surface area contributed by atoms with E-state index in [1.54, 1.807) is 0 Å². The zero-order valence-corrected chi connectivity index (χ0v) is 12.7. The van der Waals surface area contributed by atoms with Crippen LogP contribution in [0.4, 0.5) is 0 Å². The largest absolute Gasteiger partial charge is 0.384 e. The number of rotatable bonds is 2. The van der Waals surface area contributed by atoms with Gasteiger partial charge in [-0.25, -0.2) is 0 Å². The Kier molecular flexibility index (Phi) is 5.38. The van der Waals surface area contributed by atoms with E-state index in [0.29, 0.717) is 17.2 Å². The van der Waals surface area contributed by atoms with Crippen LogP contribution in [0.15, 0.2) is 24.3 Å². The van der Waals surface area contributed by atoms with Gasteiger partial charge >= 0.3 is 0 Å². The number of likely N-dealkylation sites (N-methyl/N-ethyl adjacent to an activating group) is 1. The van der Waals surface area contributed by atoms with E-state index < -0.39 is 0 Å². The topological polar surface area (TPSA) is 43.8 Å². The zero-order chi connectivity index (χ0) is 15.2. The molecule has 0 saturated carbocycles. The minimum absolute atomic E-state index is 0.0318. The van der Waals surface area contributed by atoms with Crippen molar-refractivity contribution in [2.24, 2.45) is 0 Å². The number of nitrogens with zero attached hydrogens (tertiary/aromatic N) is 2. The van der Waals surface area contributed by atoms with Gasteiger partial charge in [-0.3, -0.25) is 4.79 Å². The van der Waals surface area contributed by atoms with E-state index in [4.69, 9.17) is 5.11 Å². The van der Waals surface area contributed by atoms with Gasteiger partial charge < -0.3 is 14.9 Å². The Morgan fingerprint density at radius 2 is 2.19 bits per heavy atom. The highest BCUT2D eigenvalue weighted by Crippen LogP contribution is 2.18. The number of amides is 1. The number of hydrogen-bond donors (Lipinski definition) is 1. The van der Waals surface area contributed by atoms with Gasteiger partial charge in [0.25, 0.3) is 5.91 Å². The van der Waals surface area contributed by atoms with Gasteiger partial charge in [-0.05, 0) is 39.1 Å². The maximum atomic E-state index is 12.7. The van der Waals surface area contributed by atoms with E-state index in [-0.39, 0.29) is 12.5 Å². The Balaban J connectivity index is 2.20. The van der Waals surface area contributed by atoms with Crippen LogP contribution in [0, 0.1) is 11.8 Å². The van der Waals surface area contributed by atoms with Crippen molar-refractivity contribution in [1.29, 1.82) is 0 Å². The molecule has 0 radical (unpaired) electrons. The first kappa shape index (κ1) is 15.6. The third-order valence-corrected chi connectivity index (χ3v) is 3.87. The van der Waals surface area contributed by atoms with Crippen molar-refractivity contribution < 1.29 is 9.90 Å². The minimum Gasteiger partial charge on any atom is -0.384 e. The van der Waals surface area contributed by atoms with Gasteiger partial charge in [-0.2, -0.15) is 0 Å². The van der Waals surface area contributed by atoms with Crippen LogP contribution in [0.2, 0.25) is 0 Å². The molecule has 2 rings (SSSR count). The first-order valence-corrected chi connectivity index (χ1v) is 7.28. The molecular formula is C17H22N2O2. The molecular weight excluding hydrogens is 264 g/mol. The van der Waals surface area contributed by atoms with Gasteiger partial charge in [0.05, 0.1) is 5.56 Å². The molecule has 4 heteroatoms. The average molecular weight is 286 g/mol. The number of likely N-dealkylation sites (tertiary alicyclic amines) is 1. The Bertz CT molecular complexity index is 557. The van der Waals surface area contributed by atoms with Crippen molar-refractivity contribution in [3.8, 4) is 11.8 Å². The van der Waals surface area contributed by atoms with Crippen molar-refractivity contribution in [3.05, 3.63) is 35.4 Å². The Morgan fingerprint density at radius 1 is 1.43 bits per heavy atom. The molecule has 1 saturated heterocycles. The molecule has 4 nitrogen and oxygen atoms in total. The van der Waals surface area contributed by atoms with Crippen LogP contribution in [0.1, 0.15) is 28.8 Å². The van der Waals surface area contributed by atoms with Crippen LogP contribution in [0.3, 0.4) is 0 Å². The van der Waals surface area contributed by atoms with Crippen molar-refractivity contribution in [2.75, 3.05) is 33.8 Å². The molecule has 1 fully saturated rings. The zero-order valence-electron chi connectivity index (χ0n) is 12.7. The van der Waals surface area contributed by atoms with E-state index in [0.717, 1.165) is 25.9 Å². The van der Waals surface area contributed by atoms with Crippen LogP contribution in [0.5, 0.6) is 0 Å². The molecule has 0 bridgehead atoms. The van der Waals surface area contributed by atoms with Crippen LogP contribution in [0.25, 0.3) is 0 Å². The second kappa shape index (κ2) is 7.26. The summed E-state index contributed by atoms with van der Waals surface area (Å²) < 4.78 is 0. The fourth-order valence-corrected chi connectivity index (χ4v) is 2.64. The van der Waals surface area contributed by atoms with Gasteiger partial charge in [0.2, 0.25) is 0 Å².